The Balaban J connectivity index is 0.768. The van der Waals surface area contributed by atoms with Crippen molar-refractivity contribution in [2.45, 2.75) is 220 Å². The first-order chi connectivity index (χ1) is 35.1. The summed E-state index contributed by atoms with van der Waals surface area (Å²) in [7, 11) is 1.57. The first kappa shape index (κ1) is 52.8. The van der Waals surface area contributed by atoms with Gasteiger partial charge < -0.3 is 62.9 Å². The van der Waals surface area contributed by atoms with Gasteiger partial charge in [-0.2, -0.15) is 0 Å². The average molecular weight is 1030 g/mol. The van der Waals surface area contributed by atoms with Crippen LogP contribution in [0.5, 0.6) is 0 Å². The van der Waals surface area contributed by atoms with Gasteiger partial charge in [-0.1, -0.05) is 20.1 Å². The molecule has 73 heavy (non-hydrogen) atoms. The van der Waals surface area contributed by atoms with E-state index in [1.165, 1.54) is 17.1 Å². The summed E-state index contributed by atoms with van der Waals surface area (Å²) in [4.78, 5) is 65.0. The number of carbonyl (C=O) groups excluding carboxylic acids is 5. The van der Waals surface area contributed by atoms with E-state index in [1.807, 2.05) is 0 Å². The van der Waals surface area contributed by atoms with Gasteiger partial charge in [-0.05, 0) is 93.6 Å². The molecular formula is C54H76N2O17. The second kappa shape index (κ2) is 22.5. The van der Waals surface area contributed by atoms with Gasteiger partial charge in [-0.3, -0.25) is 24.1 Å². The number of rotatable bonds is 10. The molecule has 9 aliphatic heterocycles. The van der Waals surface area contributed by atoms with E-state index in [-0.39, 0.29) is 104 Å². The maximum absolute atomic E-state index is 14.4. The van der Waals surface area contributed by atoms with E-state index in [0.29, 0.717) is 83.6 Å². The van der Waals surface area contributed by atoms with Gasteiger partial charge in [-0.25, -0.2) is 4.79 Å². The summed E-state index contributed by atoms with van der Waals surface area (Å²) in [5.41, 5.74) is 2.00. The third kappa shape index (κ3) is 12.0. The topological polar surface area (TPSA) is 233 Å². The van der Waals surface area contributed by atoms with Crippen LogP contribution in [0, 0.1) is 23.7 Å². The lowest BCUT2D eigenvalue weighted by Crippen LogP contribution is -2.62. The molecule has 9 fully saturated rings. The molecule has 10 bridgehead atoms. The zero-order valence-corrected chi connectivity index (χ0v) is 42.4. The summed E-state index contributed by atoms with van der Waals surface area (Å²) in [5.74, 6) is -3.15. The van der Waals surface area contributed by atoms with Crippen molar-refractivity contribution in [2.24, 2.45) is 23.7 Å². The van der Waals surface area contributed by atoms with Crippen LogP contribution < -0.4 is 5.32 Å². The minimum atomic E-state index is -1.44. The predicted molar refractivity (Wildman–Crippen MR) is 256 cm³/mol. The maximum atomic E-state index is 14.4. The minimum Gasteiger partial charge on any atom is -0.428 e. The van der Waals surface area contributed by atoms with Crippen LogP contribution in [-0.4, -0.2) is 169 Å². The van der Waals surface area contributed by atoms with Crippen LogP contribution in [0.2, 0.25) is 0 Å². The van der Waals surface area contributed by atoms with Crippen molar-refractivity contribution < 1.29 is 81.6 Å². The van der Waals surface area contributed by atoms with E-state index in [0.717, 1.165) is 30.4 Å². The molecule has 1 aliphatic carbocycles. The number of hydrogen-bond acceptors (Lipinski definition) is 17. The van der Waals surface area contributed by atoms with Gasteiger partial charge in [-0.15, -0.1) is 0 Å². The number of ether oxygens (including phenoxy) is 10. The number of ketones is 1. The van der Waals surface area contributed by atoms with E-state index >= 15 is 0 Å². The molecular weight excluding hydrogens is 949 g/mol. The van der Waals surface area contributed by atoms with Gasteiger partial charge in [0, 0.05) is 83.2 Å². The van der Waals surface area contributed by atoms with Gasteiger partial charge in [0.2, 0.25) is 6.79 Å². The Morgan fingerprint density at radius 3 is 2.29 bits per heavy atom. The largest absolute Gasteiger partial charge is 0.428 e. The van der Waals surface area contributed by atoms with Crippen molar-refractivity contribution in [2.75, 3.05) is 27.0 Å². The highest BCUT2D eigenvalue weighted by Gasteiger charge is 2.59. The van der Waals surface area contributed by atoms with Crippen molar-refractivity contribution in [3.63, 3.8) is 0 Å². The number of Topliss-reactive ketones (excluding diaryl/α,β-unsaturated/α-hetero) is 1. The first-order valence-electron chi connectivity index (χ1n) is 27.1. The van der Waals surface area contributed by atoms with Crippen LogP contribution in [0.15, 0.2) is 36.5 Å². The van der Waals surface area contributed by atoms with E-state index < -0.39 is 79.2 Å². The number of methoxy groups -OCH3 is 1. The van der Waals surface area contributed by atoms with Gasteiger partial charge in [0.05, 0.1) is 79.2 Å². The Hall–Kier alpha value is -3.63. The molecule has 0 unspecified atom stereocenters. The van der Waals surface area contributed by atoms with Crippen molar-refractivity contribution in [1.29, 1.82) is 0 Å². The number of carbonyl (C=O) groups is 5. The van der Waals surface area contributed by atoms with Gasteiger partial charge in [0.1, 0.15) is 24.1 Å². The van der Waals surface area contributed by atoms with Crippen LogP contribution in [0.3, 0.4) is 0 Å². The predicted octanol–water partition coefficient (Wildman–Crippen LogP) is 4.42. The lowest BCUT2D eigenvalue weighted by molar-refractivity contribution is -0.314. The molecule has 0 radical (unpaired) electrons. The highest BCUT2D eigenvalue weighted by atomic mass is 16.7. The molecule has 10 aliphatic rings. The molecule has 404 valence electrons. The van der Waals surface area contributed by atoms with E-state index in [2.05, 4.69) is 25.4 Å². The standard InChI is InChI=1S/C54H76N2O17/c1-28-17-35-9-11-40-29(2)18-37(67-40)15-16-54(63)24-38-22-45-50(70-38)51(73-54)49-41(71-45)12-10-36(69-49)19-33(57)20-39-43(23-42(68-35)30(28)3)72-44(48(39)64-4)21-34(58)25-55-53(62)66-27-65-52(61)32-7-5-31(6-8-32)26-56-46(59)13-14-47(56)60/h13-14,28,31-32,34-45,48-51,58,63H,2-3,5-12,15-27H2,1,4H3,(H,55,62)/t28-,31?,32?,34+,35+,36-,37+,38+,39+,40+,41+,42-,43+,44-,45+,48-,49+,50-,51+,54+/m1/s1. The number of hydrogen-bond donors (Lipinski definition) is 3. The second-order valence-corrected chi connectivity index (χ2v) is 22.8. The first-order valence-corrected chi connectivity index (χ1v) is 27.1. The second-order valence-electron chi connectivity index (χ2n) is 22.8. The van der Waals surface area contributed by atoms with Crippen LogP contribution in [-0.2, 0) is 66.5 Å². The summed E-state index contributed by atoms with van der Waals surface area (Å²) in [5, 5.41) is 26.0. The van der Waals surface area contributed by atoms with Crippen LogP contribution >= 0.6 is 0 Å². The number of aliphatic hydroxyl groups excluding tert-OH is 1. The van der Waals surface area contributed by atoms with Crippen LogP contribution in [0.25, 0.3) is 0 Å². The molecule has 19 nitrogen and oxygen atoms in total. The zero-order chi connectivity index (χ0) is 51.1. The fourth-order valence-electron chi connectivity index (χ4n) is 13.8. The smallest absolute Gasteiger partial charge is 0.410 e. The monoisotopic (exact) mass is 1020 g/mol. The van der Waals surface area contributed by atoms with Crippen LogP contribution in [0.1, 0.15) is 122 Å². The summed E-state index contributed by atoms with van der Waals surface area (Å²) in [6.07, 6.45) is 4.98. The quantitative estimate of drug-likeness (QED) is 0.119. The maximum Gasteiger partial charge on any atom is 0.410 e. The van der Waals surface area contributed by atoms with Crippen molar-refractivity contribution in [3.05, 3.63) is 36.5 Å². The average Bonchev–Trinajstić information content (AvgIpc) is 4.08. The van der Waals surface area contributed by atoms with Crippen molar-refractivity contribution in [3.8, 4) is 0 Å². The molecule has 0 spiro atoms. The zero-order valence-electron chi connectivity index (χ0n) is 42.4. The molecule has 8 saturated heterocycles. The Morgan fingerprint density at radius 2 is 1.51 bits per heavy atom. The third-order valence-electron chi connectivity index (χ3n) is 17.7. The Morgan fingerprint density at radius 1 is 0.781 bits per heavy atom. The normalized spacial score (nSPS) is 43.3. The Kier molecular flexibility index (Phi) is 16.3. The van der Waals surface area contributed by atoms with Crippen LogP contribution in [0.4, 0.5) is 4.79 Å². The van der Waals surface area contributed by atoms with Crippen molar-refractivity contribution in [1.82, 2.24) is 10.2 Å². The number of nitrogens with zero attached hydrogens (tertiary/aromatic N) is 1. The number of fused-ring (bicyclic) bond motifs is 8. The van der Waals surface area contributed by atoms with Gasteiger partial charge in [0.25, 0.3) is 11.8 Å². The molecule has 9 heterocycles. The fourth-order valence-corrected chi connectivity index (χ4v) is 13.8. The van der Waals surface area contributed by atoms with E-state index in [1.54, 1.807) is 7.11 Å². The summed E-state index contributed by atoms with van der Waals surface area (Å²) >= 11 is 0. The number of alkyl carbamates (subject to hydrolysis) is 1. The van der Waals surface area contributed by atoms with Crippen molar-refractivity contribution >= 4 is 29.7 Å². The summed E-state index contributed by atoms with van der Waals surface area (Å²) in [6.45, 7) is 10.6. The minimum absolute atomic E-state index is 0.0219. The highest BCUT2D eigenvalue weighted by Crippen LogP contribution is 2.48. The number of imide groups is 1. The Labute approximate surface area is 427 Å². The van der Waals surface area contributed by atoms with E-state index in [4.69, 9.17) is 47.4 Å². The van der Waals surface area contributed by atoms with E-state index in [9.17, 15) is 34.2 Å². The lowest BCUT2D eigenvalue weighted by atomic mass is 9.81. The van der Waals surface area contributed by atoms with Gasteiger partial charge >= 0.3 is 12.1 Å². The molecule has 10 rings (SSSR count). The molecule has 3 amide bonds. The molecule has 18 atom stereocenters. The Bertz CT molecular complexity index is 2090. The third-order valence-corrected chi connectivity index (χ3v) is 17.7. The molecule has 19 heteroatoms. The fraction of sp³-hybridized carbons (Fsp3) is 0.796. The molecule has 0 aromatic rings. The number of amides is 3. The molecule has 3 N–H and O–H groups in total. The highest BCUT2D eigenvalue weighted by molar-refractivity contribution is 6.12. The van der Waals surface area contributed by atoms with Gasteiger partial charge in [0.15, 0.2) is 5.79 Å². The number of nitrogens with one attached hydrogen (secondary N) is 1. The molecule has 0 aromatic carbocycles. The number of aliphatic hydroxyl groups is 2. The molecule has 0 aromatic heterocycles. The summed E-state index contributed by atoms with van der Waals surface area (Å²) < 4.78 is 63.3. The summed E-state index contributed by atoms with van der Waals surface area (Å²) in [6, 6.07) is 0. The lowest BCUT2D eigenvalue weighted by Gasteiger charge is -2.49. The SMILES string of the molecule is C=C1C[C@@H]2CC[C@@]3(O)C[C@@H]4C[C@@H]5O[C@H]6CC[C@H](CC(=O)C[C@@H]7[C@@H](OC)[C@@H](C[C@H](O)CNC(=O)OCOC(=O)C8CCC(CN9C(=O)C=CC9=O)CC8)O[C@H]7C[C@H]7O[C@@H](CC[C@@H]1O2)C[C@@H](C)C7=C)O[C@@H]6[C@H](O3)[C@@H]5O4. The molecule has 1 saturated carbocycles. The number of esters is 1.